The average molecular weight is 303 g/mol. The summed E-state index contributed by atoms with van der Waals surface area (Å²) in [5.41, 5.74) is 0.291. The summed E-state index contributed by atoms with van der Waals surface area (Å²) >= 11 is 6.73. The molecule has 2 rings (SSSR count). The Labute approximate surface area is 116 Å². The molecule has 0 unspecified atom stereocenters. The first-order valence-corrected chi connectivity index (χ1v) is 6.36. The van der Waals surface area contributed by atoms with E-state index in [0.717, 1.165) is 16.4 Å². The molecule has 0 fully saturated rings. The number of thioether (sulfide) groups is 1. The van der Waals surface area contributed by atoms with E-state index >= 15 is 0 Å². The second-order valence-electron chi connectivity index (χ2n) is 3.46. The van der Waals surface area contributed by atoms with Crippen molar-refractivity contribution >= 4 is 29.3 Å². The van der Waals surface area contributed by atoms with Crippen LogP contribution in [-0.2, 0) is 4.79 Å². The molecule has 0 saturated carbocycles. The number of nitrogens with two attached hydrogens (primary N) is 1. The summed E-state index contributed by atoms with van der Waals surface area (Å²) < 4.78 is 14.4. The highest BCUT2D eigenvalue weighted by molar-refractivity contribution is 7.99. The lowest BCUT2D eigenvalue weighted by atomic mass is 10.2. The third-order valence-corrected chi connectivity index (χ3v) is 3.49. The largest absolute Gasteiger partial charge is 0.481 e. The first-order chi connectivity index (χ1) is 9.00. The SMILES string of the molecule is Nn1c(SCC(=O)O)nnc1-c1cccc(F)c1Cl. The number of carboxylic acids is 1. The summed E-state index contributed by atoms with van der Waals surface area (Å²) in [4.78, 5) is 10.5. The first kappa shape index (κ1) is 13.6. The van der Waals surface area contributed by atoms with Crippen LogP contribution in [0.5, 0.6) is 0 Å². The minimum atomic E-state index is -1.00. The van der Waals surface area contributed by atoms with Gasteiger partial charge in [-0.2, -0.15) is 0 Å². The molecule has 0 saturated heterocycles. The maximum atomic E-state index is 13.3. The van der Waals surface area contributed by atoms with Crippen LogP contribution in [0.3, 0.4) is 0 Å². The molecule has 0 spiro atoms. The fraction of sp³-hybridized carbons (Fsp3) is 0.100. The second kappa shape index (κ2) is 5.45. The number of carbonyl (C=O) groups is 1. The molecular weight excluding hydrogens is 295 g/mol. The molecule has 0 amide bonds. The Morgan fingerprint density at radius 3 is 2.95 bits per heavy atom. The monoisotopic (exact) mass is 302 g/mol. The third kappa shape index (κ3) is 2.79. The van der Waals surface area contributed by atoms with Crippen LogP contribution in [0.4, 0.5) is 4.39 Å². The predicted octanol–water partition coefficient (Wildman–Crippen LogP) is 1.63. The normalized spacial score (nSPS) is 10.6. The van der Waals surface area contributed by atoms with Crippen LogP contribution >= 0.6 is 23.4 Å². The van der Waals surface area contributed by atoms with E-state index in [1.807, 2.05) is 0 Å². The Hall–Kier alpha value is -1.80. The molecular formula is C10H8ClFN4O2S. The lowest BCUT2D eigenvalue weighted by Crippen LogP contribution is -2.12. The van der Waals surface area contributed by atoms with E-state index in [1.54, 1.807) is 6.07 Å². The van der Waals surface area contributed by atoms with E-state index in [4.69, 9.17) is 22.6 Å². The summed E-state index contributed by atoms with van der Waals surface area (Å²) in [5, 5.41) is 16.2. The van der Waals surface area contributed by atoms with Gasteiger partial charge >= 0.3 is 5.97 Å². The molecule has 1 aromatic heterocycles. The summed E-state index contributed by atoms with van der Waals surface area (Å²) in [6.07, 6.45) is 0. The van der Waals surface area contributed by atoms with Gasteiger partial charge in [-0.05, 0) is 12.1 Å². The molecule has 9 heteroatoms. The van der Waals surface area contributed by atoms with Gasteiger partial charge in [0.05, 0.1) is 10.8 Å². The van der Waals surface area contributed by atoms with Crippen LogP contribution < -0.4 is 5.84 Å². The van der Waals surface area contributed by atoms with Gasteiger partial charge < -0.3 is 10.9 Å². The van der Waals surface area contributed by atoms with E-state index in [0.29, 0.717) is 5.56 Å². The van der Waals surface area contributed by atoms with Crippen molar-refractivity contribution in [1.82, 2.24) is 14.9 Å². The molecule has 0 aliphatic carbocycles. The zero-order valence-corrected chi connectivity index (χ0v) is 11.0. The standard InChI is InChI=1S/C10H8ClFN4O2S/c11-8-5(2-1-3-6(8)12)9-14-15-10(16(9)13)19-4-7(17)18/h1-3H,4,13H2,(H,17,18). The number of benzene rings is 1. The van der Waals surface area contributed by atoms with Crippen molar-refractivity contribution in [3.63, 3.8) is 0 Å². The Bertz CT molecular complexity index is 634. The topological polar surface area (TPSA) is 94.0 Å². The summed E-state index contributed by atoms with van der Waals surface area (Å²) in [7, 11) is 0. The smallest absolute Gasteiger partial charge is 0.313 e. The molecule has 0 bridgehead atoms. The van der Waals surface area contributed by atoms with Crippen LogP contribution in [-0.4, -0.2) is 31.7 Å². The Kier molecular flexibility index (Phi) is 3.91. The molecule has 2 aromatic rings. The number of carboxylic acid groups (broad SMARTS) is 1. The Morgan fingerprint density at radius 1 is 1.53 bits per heavy atom. The molecule has 19 heavy (non-hydrogen) atoms. The highest BCUT2D eigenvalue weighted by Gasteiger charge is 2.17. The summed E-state index contributed by atoms with van der Waals surface area (Å²) in [6, 6.07) is 4.23. The number of hydrogen-bond donors (Lipinski definition) is 2. The van der Waals surface area contributed by atoms with Crippen molar-refractivity contribution in [2.24, 2.45) is 0 Å². The Balaban J connectivity index is 2.36. The maximum Gasteiger partial charge on any atom is 0.313 e. The van der Waals surface area contributed by atoms with E-state index in [2.05, 4.69) is 10.2 Å². The van der Waals surface area contributed by atoms with Gasteiger partial charge in [0.2, 0.25) is 5.16 Å². The highest BCUT2D eigenvalue weighted by atomic mass is 35.5. The van der Waals surface area contributed by atoms with E-state index in [9.17, 15) is 9.18 Å². The van der Waals surface area contributed by atoms with E-state index in [-0.39, 0.29) is 21.8 Å². The minimum Gasteiger partial charge on any atom is -0.481 e. The molecule has 3 N–H and O–H groups in total. The zero-order valence-electron chi connectivity index (χ0n) is 9.38. The fourth-order valence-electron chi connectivity index (χ4n) is 1.36. The van der Waals surface area contributed by atoms with Crippen molar-refractivity contribution < 1.29 is 14.3 Å². The van der Waals surface area contributed by atoms with Crippen LogP contribution in [0.15, 0.2) is 23.4 Å². The van der Waals surface area contributed by atoms with Gasteiger partial charge in [0.15, 0.2) is 5.82 Å². The zero-order chi connectivity index (χ0) is 14.0. The quantitative estimate of drug-likeness (QED) is 0.658. The number of aromatic nitrogens is 3. The van der Waals surface area contributed by atoms with Gasteiger partial charge in [0, 0.05) is 5.56 Å². The number of hydrogen-bond acceptors (Lipinski definition) is 5. The molecule has 0 aliphatic rings. The average Bonchev–Trinajstić information content (AvgIpc) is 2.72. The van der Waals surface area contributed by atoms with Crippen LogP contribution in [0.1, 0.15) is 0 Å². The van der Waals surface area contributed by atoms with Gasteiger partial charge in [0.1, 0.15) is 5.82 Å². The number of nitrogens with zero attached hydrogens (tertiary/aromatic N) is 3. The van der Waals surface area contributed by atoms with Gasteiger partial charge in [-0.3, -0.25) is 4.79 Å². The van der Waals surface area contributed by atoms with Gasteiger partial charge in [0.25, 0.3) is 0 Å². The molecule has 100 valence electrons. The predicted molar refractivity (Wildman–Crippen MR) is 68.9 cm³/mol. The van der Waals surface area contributed by atoms with Crippen molar-refractivity contribution in [2.75, 3.05) is 11.6 Å². The van der Waals surface area contributed by atoms with Gasteiger partial charge in [-0.15, -0.1) is 10.2 Å². The summed E-state index contributed by atoms with van der Waals surface area (Å²) in [5.74, 6) is 4.10. The molecule has 1 aromatic carbocycles. The van der Waals surface area contributed by atoms with Crippen LogP contribution in [0, 0.1) is 5.82 Å². The van der Waals surface area contributed by atoms with Crippen molar-refractivity contribution in [3.8, 4) is 11.4 Å². The van der Waals surface area contributed by atoms with Crippen molar-refractivity contribution in [3.05, 3.63) is 29.0 Å². The summed E-state index contributed by atoms with van der Waals surface area (Å²) in [6.45, 7) is 0. The minimum absolute atomic E-state index is 0.114. The lowest BCUT2D eigenvalue weighted by Gasteiger charge is -2.05. The molecule has 1 heterocycles. The number of rotatable bonds is 4. The van der Waals surface area contributed by atoms with Gasteiger partial charge in [-0.25, -0.2) is 9.07 Å². The third-order valence-electron chi connectivity index (χ3n) is 2.18. The first-order valence-electron chi connectivity index (χ1n) is 5.00. The van der Waals surface area contributed by atoms with Crippen LogP contribution in [0.25, 0.3) is 11.4 Å². The van der Waals surface area contributed by atoms with Gasteiger partial charge in [-0.1, -0.05) is 29.4 Å². The number of halogens is 2. The fourth-order valence-corrected chi connectivity index (χ4v) is 2.15. The van der Waals surface area contributed by atoms with E-state index < -0.39 is 11.8 Å². The second-order valence-corrected chi connectivity index (χ2v) is 4.78. The molecule has 0 radical (unpaired) electrons. The van der Waals surface area contributed by atoms with Crippen molar-refractivity contribution in [2.45, 2.75) is 5.16 Å². The Morgan fingerprint density at radius 2 is 2.26 bits per heavy atom. The maximum absolute atomic E-state index is 13.3. The molecule has 0 aliphatic heterocycles. The number of nitrogen functional groups attached to an aromatic ring is 1. The number of aliphatic carboxylic acids is 1. The lowest BCUT2D eigenvalue weighted by molar-refractivity contribution is -0.133. The highest BCUT2D eigenvalue weighted by Crippen LogP contribution is 2.29. The van der Waals surface area contributed by atoms with E-state index in [1.165, 1.54) is 12.1 Å². The van der Waals surface area contributed by atoms with Crippen LogP contribution in [0.2, 0.25) is 5.02 Å². The molecule has 6 nitrogen and oxygen atoms in total. The van der Waals surface area contributed by atoms with Crippen molar-refractivity contribution in [1.29, 1.82) is 0 Å². The molecule has 0 atom stereocenters.